The van der Waals surface area contributed by atoms with Crippen LogP contribution in [0.5, 0.6) is 5.75 Å². The van der Waals surface area contributed by atoms with Gasteiger partial charge in [0.15, 0.2) is 5.76 Å². The highest BCUT2D eigenvalue weighted by atomic mass is 16.5. The second-order valence-corrected chi connectivity index (χ2v) is 8.93. The van der Waals surface area contributed by atoms with Gasteiger partial charge in [-0.2, -0.15) is 0 Å². The molecule has 4 rings (SSSR count). The molecule has 1 atom stereocenters. The lowest BCUT2D eigenvalue weighted by molar-refractivity contribution is -0.123. The van der Waals surface area contributed by atoms with Gasteiger partial charge < -0.3 is 19.4 Å². The van der Waals surface area contributed by atoms with Gasteiger partial charge >= 0.3 is 0 Å². The van der Waals surface area contributed by atoms with E-state index in [1.165, 1.54) is 11.2 Å². The second-order valence-electron chi connectivity index (χ2n) is 8.93. The Morgan fingerprint density at radius 1 is 1.03 bits per heavy atom. The zero-order valence-corrected chi connectivity index (χ0v) is 20.6. The van der Waals surface area contributed by atoms with E-state index >= 15 is 0 Å². The molecule has 0 radical (unpaired) electrons. The van der Waals surface area contributed by atoms with E-state index < -0.39 is 11.9 Å². The van der Waals surface area contributed by atoms with Gasteiger partial charge in [0.2, 0.25) is 5.91 Å². The molecule has 2 aromatic carbocycles. The summed E-state index contributed by atoms with van der Waals surface area (Å²) in [6.45, 7) is 2.32. The Balaban J connectivity index is 1.84. The van der Waals surface area contributed by atoms with Crippen molar-refractivity contribution in [3.8, 4) is 5.75 Å². The molecule has 0 bridgehead atoms. The number of ether oxygens (including phenoxy) is 1. The first-order valence-electron chi connectivity index (χ1n) is 12.2. The standard InChI is InChI=1S/C28H33N3O4/c1-4-34-24-13-8-7-12-23(24)31(28(33)25-14-9-19-35-25)26(27(32)29-21-10-5-6-11-21)20-15-17-22(18-16-20)30(2)3/h7-9,12-19,21,26H,4-6,10-11H2,1-3H3,(H,29,32)/t26-/m1/s1. The Kier molecular flexibility index (Phi) is 7.75. The van der Waals surface area contributed by atoms with Crippen molar-refractivity contribution < 1.29 is 18.7 Å². The van der Waals surface area contributed by atoms with Gasteiger partial charge in [0.05, 0.1) is 18.6 Å². The molecule has 0 aliphatic heterocycles. The summed E-state index contributed by atoms with van der Waals surface area (Å²) in [6, 6.07) is 17.5. The molecule has 1 heterocycles. The largest absolute Gasteiger partial charge is 0.492 e. The predicted molar refractivity (Wildman–Crippen MR) is 137 cm³/mol. The fourth-order valence-electron chi connectivity index (χ4n) is 4.54. The Morgan fingerprint density at radius 3 is 2.37 bits per heavy atom. The minimum absolute atomic E-state index is 0.105. The fraction of sp³-hybridized carbons (Fsp3) is 0.357. The van der Waals surface area contributed by atoms with Crippen molar-refractivity contribution in [2.75, 3.05) is 30.5 Å². The predicted octanol–water partition coefficient (Wildman–Crippen LogP) is 5.19. The van der Waals surface area contributed by atoms with Crippen molar-refractivity contribution >= 4 is 23.2 Å². The van der Waals surface area contributed by atoms with Crippen LogP contribution in [0.25, 0.3) is 0 Å². The van der Waals surface area contributed by atoms with Crippen molar-refractivity contribution in [2.45, 2.75) is 44.7 Å². The summed E-state index contributed by atoms with van der Waals surface area (Å²) in [5.74, 6) is 0.0458. The van der Waals surface area contributed by atoms with Crippen molar-refractivity contribution in [3.63, 3.8) is 0 Å². The first kappa shape index (κ1) is 24.4. The number of hydrogen-bond acceptors (Lipinski definition) is 5. The molecule has 1 aliphatic rings. The number of anilines is 2. The van der Waals surface area contributed by atoms with E-state index in [1.807, 2.05) is 68.4 Å². The Morgan fingerprint density at radius 2 is 1.74 bits per heavy atom. The number of para-hydroxylation sites is 2. The Hall–Kier alpha value is -3.74. The molecule has 184 valence electrons. The van der Waals surface area contributed by atoms with Crippen LogP contribution in [0.2, 0.25) is 0 Å². The molecule has 35 heavy (non-hydrogen) atoms. The summed E-state index contributed by atoms with van der Waals surface area (Å²) in [6.07, 6.45) is 5.53. The highest BCUT2D eigenvalue weighted by Gasteiger charge is 2.37. The van der Waals surface area contributed by atoms with Crippen molar-refractivity contribution in [1.82, 2.24) is 5.32 Å². The van der Waals surface area contributed by atoms with E-state index in [-0.39, 0.29) is 17.7 Å². The number of carbonyl (C=O) groups is 2. The van der Waals surface area contributed by atoms with Crippen molar-refractivity contribution in [1.29, 1.82) is 0 Å². The lowest BCUT2D eigenvalue weighted by atomic mass is 10.0. The van der Waals surface area contributed by atoms with E-state index in [0.29, 0.717) is 23.6 Å². The number of furan rings is 1. The number of benzene rings is 2. The molecule has 1 aromatic heterocycles. The van der Waals surface area contributed by atoms with Crippen LogP contribution < -0.4 is 19.9 Å². The van der Waals surface area contributed by atoms with Crippen LogP contribution >= 0.6 is 0 Å². The third-order valence-corrected chi connectivity index (χ3v) is 6.31. The van der Waals surface area contributed by atoms with Crippen LogP contribution in [-0.4, -0.2) is 38.6 Å². The molecule has 1 saturated carbocycles. The van der Waals surface area contributed by atoms with E-state index in [1.54, 1.807) is 18.2 Å². The zero-order chi connectivity index (χ0) is 24.8. The molecular weight excluding hydrogens is 442 g/mol. The maximum Gasteiger partial charge on any atom is 0.295 e. The van der Waals surface area contributed by atoms with Gasteiger partial charge in [-0.25, -0.2) is 0 Å². The maximum atomic E-state index is 13.9. The minimum Gasteiger partial charge on any atom is -0.492 e. The van der Waals surface area contributed by atoms with Gasteiger partial charge in [-0.1, -0.05) is 37.1 Å². The van der Waals surface area contributed by atoms with Crippen LogP contribution in [0.4, 0.5) is 11.4 Å². The van der Waals surface area contributed by atoms with Gasteiger partial charge in [-0.3, -0.25) is 14.5 Å². The molecule has 1 fully saturated rings. The topological polar surface area (TPSA) is 75.0 Å². The minimum atomic E-state index is -0.911. The first-order chi connectivity index (χ1) is 17.0. The number of rotatable bonds is 9. The molecule has 0 unspecified atom stereocenters. The normalized spacial score (nSPS) is 14.4. The highest BCUT2D eigenvalue weighted by Crippen LogP contribution is 2.37. The van der Waals surface area contributed by atoms with Gasteiger partial charge in [-0.05, 0) is 61.7 Å². The molecule has 0 saturated heterocycles. The average Bonchev–Trinajstić information content (AvgIpc) is 3.58. The summed E-state index contributed by atoms with van der Waals surface area (Å²) in [7, 11) is 3.93. The van der Waals surface area contributed by atoms with Gasteiger partial charge in [0.25, 0.3) is 5.91 Å². The number of nitrogens with one attached hydrogen (secondary N) is 1. The molecule has 7 heteroatoms. The molecule has 1 N–H and O–H groups in total. The lowest BCUT2D eigenvalue weighted by Gasteiger charge is -2.33. The van der Waals surface area contributed by atoms with Crippen LogP contribution in [0, 0.1) is 0 Å². The molecule has 0 spiro atoms. The van der Waals surface area contributed by atoms with E-state index in [2.05, 4.69) is 5.32 Å². The quantitative estimate of drug-likeness (QED) is 0.461. The number of hydrogen-bond donors (Lipinski definition) is 1. The number of amides is 2. The number of nitrogens with zero attached hydrogens (tertiary/aromatic N) is 2. The van der Waals surface area contributed by atoms with Crippen LogP contribution in [0.15, 0.2) is 71.3 Å². The molecule has 2 amide bonds. The summed E-state index contributed by atoms with van der Waals surface area (Å²) >= 11 is 0. The second kappa shape index (κ2) is 11.1. The third-order valence-electron chi connectivity index (χ3n) is 6.31. The number of carbonyl (C=O) groups excluding carboxylic acids is 2. The van der Waals surface area contributed by atoms with Crippen LogP contribution in [0.1, 0.15) is 54.8 Å². The molecule has 1 aliphatic carbocycles. The molecular formula is C28H33N3O4. The van der Waals surface area contributed by atoms with E-state index in [4.69, 9.17) is 9.15 Å². The lowest BCUT2D eigenvalue weighted by Crippen LogP contribution is -2.46. The van der Waals surface area contributed by atoms with Gasteiger partial charge in [0.1, 0.15) is 11.8 Å². The monoisotopic (exact) mass is 475 g/mol. The Bertz CT molecular complexity index is 1120. The van der Waals surface area contributed by atoms with E-state index in [0.717, 1.165) is 31.4 Å². The van der Waals surface area contributed by atoms with Crippen LogP contribution in [0.3, 0.4) is 0 Å². The smallest absolute Gasteiger partial charge is 0.295 e. The maximum absolute atomic E-state index is 13.9. The fourth-order valence-corrected chi connectivity index (χ4v) is 4.54. The Labute approximate surface area is 206 Å². The SMILES string of the molecule is CCOc1ccccc1N(C(=O)c1ccco1)[C@@H](C(=O)NC1CCCC1)c1ccc(N(C)C)cc1. The highest BCUT2D eigenvalue weighted by molar-refractivity contribution is 6.09. The summed E-state index contributed by atoms with van der Waals surface area (Å²) in [5, 5.41) is 3.20. The van der Waals surface area contributed by atoms with Crippen LogP contribution in [-0.2, 0) is 4.79 Å². The first-order valence-corrected chi connectivity index (χ1v) is 12.2. The average molecular weight is 476 g/mol. The third kappa shape index (κ3) is 5.50. The van der Waals surface area contributed by atoms with Gasteiger partial charge in [0, 0.05) is 25.8 Å². The molecule has 3 aromatic rings. The summed E-state index contributed by atoms with van der Waals surface area (Å²) in [4.78, 5) is 31.3. The van der Waals surface area contributed by atoms with E-state index in [9.17, 15) is 9.59 Å². The molecule has 7 nitrogen and oxygen atoms in total. The zero-order valence-electron chi connectivity index (χ0n) is 20.6. The van der Waals surface area contributed by atoms with Crippen molar-refractivity contribution in [2.24, 2.45) is 0 Å². The van der Waals surface area contributed by atoms with Crippen molar-refractivity contribution in [3.05, 3.63) is 78.3 Å². The summed E-state index contributed by atoms with van der Waals surface area (Å²) in [5.41, 5.74) is 2.22. The summed E-state index contributed by atoms with van der Waals surface area (Å²) < 4.78 is 11.3. The van der Waals surface area contributed by atoms with Gasteiger partial charge in [-0.15, -0.1) is 0 Å².